The third kappa shape index (κ3) is 3.68. The van der Waals surface area contributed by atoms with Crippen LogP contribution < -0.4 is 10.6 Å². The highest BCUT2D eigenvalue weighted by Crippen LogP contribution is 2.21. The smallest absolute Gasteiger partial charge is 0.319 e. The Hall–Kier alpha value is -3.16. The predicted octanol–water partition coefficient (Wildman–Crippen LogP) is 2.50. The summed E-state index contributed by atoms with van der Waals surface area (Å²) >= 11 is 0. The fourth-order valence-corrected chi connectivity index (χ4v) is 2.62. The first-order valence-electron chi connectivity index (χ1n) is 8.00. The molecule has 8 nitrogen and oxygen atoms in total. The van der Waals surface area contributed by atoms with Gasteiger partial charge in [0.1, 0.15) is 11.6 Å². The topological polar surface area (TPSA) is 89.7 Å². The minimum atomic E-state index is -0.293. The Morgan fingerprint density at radius 1 is 1.24 bits per heavy atom. The van der Waals surface area contributed by atoms with E-state index >= 15 is 0 Å². The van der Waals surface area contributed by atoms with Gasteiger partial charge in [0.2, 0.25) is 0 Å². The zero-order valence-electron chi connectivity index (χ0n) is 14.7. The Balaban J connectivity index is 1.77. The van der Waals surface area contributed by atoms with E-state index < -0.39 is 0 Å². The predicted molar refractivity (Wildman–Crippen MR) is 94.6 cm³/mol. The van der Waals surface area contributed by atoms with E-state index in [9.17, 15) is 4.79 Å². The number of anilines is 1. The van der Waals surface area contributed by atoms with E-state index in [2.05, 4.69) is 25.8 Å². The molecule has 3 rings (SSSR count). The van der Waals surface area contributed by atoms with Crippen molar-refractivity contribution in [2.24, 2.45) is 7.05 Å². The van der Waals surface area contributed by atoms with Gasteiger partial charge in [-0.3, -0.25) is 4.68 Å². The number of rotatable bonds is 4. The Labute approximate surface area is 145 Å². The lowest BCUT2D eigenvalue weighted by Gasteiger charge is -2.15. The van der Waals surface area contributed by atoms with Crippen LogP contribution in [0.15, 0.2) is 36.7 Å². The maximum absolute atomic E-state index is 12.4. The lowest BCUT2D eigenvalue weighted by atomic mass is 10.2. The zero-order chi connectivity index (χ0) is 18.0. The average Bonchev–Trinajstić information content (AvgIpc) is 3.13. The van der Waals surface area contributed by atoms with Gasteiger partial charge in [0.05, 0.1) is 23.6 Å². The molecule has 0 aliphatic rings. The molecule has 25 heavy (non-hydrogen) atoms. The Morgan fingerprint density at radius 2 is 2.00 bits per heavy atom. The van der Waals surface area contributed by atoms with E-state index in [0.717, 1.165) is 17.1 Å². The SMILES string of the molecule is Cc1nc(C)n(-c2ccccc2NC(=O)N[C@@H](C)c2cnn(C)c2)n1. The summed E-state index contributed by atoms with van der Waals surface area (Å²) in [4.78, 5) is 16.7. The molecule has 3 aromatic rings. The van der Waals surface area contributed by atoms with Gasteiger partial charge in [-0.15, -0.1) is 0 Å². The zero-order valence-corrected chi connectivity index (χ0v) is 14.7. The molecule has 0 saturated carbocycles. The molecule has 0 fully saturated rings. The number of benzene rings is 1. The van der Waals surface area contributed by atoms with Crippen molar-refractivity contribution >= 4 is 11.7 Å². The summed E-state index contributed by atoms with van der Waals surface area (Å²) in [6.45, 7) is 5.62. The van der Waals surface area contributed by atoms with Crippen molar-refractivity contribution < 1.29 is 4.79 Å². The molecule has 0 bridgehead atoms. The van der Waals surface area contributed by atoms with Crippen molar-refractivity contribution in [2.75, 3.05) is 5.32 Å². The van der Waals surface area contributed by atoms with Crippen LogP contribution in [-0.2, 0) is 7.05 Å². The lowest BCUT2D eigenvalue weighted by Crippen LogP contribution is -2.31. The van der Waals surface area contributed by atoms with Gasteiger partial charge >= 0.3 is 6.03 Å². The Morgan fingerprint density at radius 3 is 2.64 bits per heavy atom. The number of para-hydroxylation sites is 2. The number of urea groups is 1. The standard InChI is InChI=1S/C17H21N7O/c1-11(14-9-18-23(4)10-14)19-17(25)21-15-7-5-6-8-16(15)24-13(3)20-12(2)22-24/h5-11H,1-4H3,(H2,19,21,25)/t11-/m0/s1. The number of amides is 2. The molecule has 2 heterocycles. The molecule has 0 radical (unpaired) electrons. The van der Waals surface area contributed by atoms with Gasteiger partial charge in [-0.05, 0) is 32.9 Å². The number of carbonyl (C=O) groups is 1. The van der Waals surface area contributed by atoms with Crippen molar-refractivity contribution in [1.82, 2.24) is 29.9 Å². The van der Waals surface area contributed by atoms with Crippen LogP contribution in [0.25, 0.3) is 5.69 Å². The fraction of sp³-hybridized carbons (Fsp3) is 0.294. The van der Waals surface area contributed by atoms with E-state index in [4.69, 9.17) is 0 Å². The molecule has 130 valence electrons. The molecular weight excluding hydrogens is 318 g/mol. The van der Waals surface area contributed by atoms with Gasteiger partial charge in [0, 0.05) is 18.8 Å². The van der Waals surface area contributed by atoms with Gasteiger partial charge in [-0.2, -0.15) is 10.2 Å². The quantitative estimate of drug-likeness (QED) is 0.764. The maximum Gasteiger partial charge on any atom is 0.319 e. The molecule has 0 saturated heterocycles. The average molecular weight is 339 g/mol. The summed E-state index contributed by atoms with van der Waals surface area (Å²) in [6, 6.07) is 7.03. The summed E-state index contributed by atoms with van der Waals surface area (Å²) in [5.74, 6) is 1.44. The highest BCUT2D eigenvalue weighted by Gasteiger charge is 2.14. The number of aromatic nitrogens is 5. The van der Waals surface area contributed by atoms with Crippen molar-refractivity contribution in [3.8, 4) is 5.69 Å². The number of carbonyl (C=O) groups excluding carboxylic acids is 1. The third-order valence-electron chi connectivity index (χ3n) is 3.83. The molecule has 2 N–H and O–H groups in total. The molecule has 2 amide bonds. The highest BCUT2D eigenvalue weighted by molar-refractivity contribution is 5.91. The van der Waals surface area contributed by atoms with Crippen molar-refractivity contribution in [2.45, 2.75) is 26.8 Å². The fourth-order valence-electron chi connectivity index (χ4n) is 2.62. The largest absolute Gasteiger partial charge is 0.331 e. The first-order valence-corrected chi connectivity index (χ1v) is 8.00. The summed E-state index contributed by atoms with van der Waals surface area (Å²) < 4.78 is 3.42. The van der Waals surface area contributed by atoms with Crippen LogP contribution in [0.4, 0.5) is 10.5 Å². The maximum atomic E-state index is 12.4. The minimum absolute atomic E-state index is 0.156. The molecule has 8 heteroatoms. The van der Waals surface area contributed by atoms with E-state index in [0.29, 0.717) is 11.5 Å². The van der Waals surface area contributed by atoms with E-state index in [1.54, 1.807) is 15.6 Å². The van der Waals surface area contributed by atoms with Crippen LogP contribution in [-0.4, -0.2) is 30.6 Å². The number of aryl methyl sites for hydroxylation is 3. The van der Waals surface area contributed by atoms with Crippen LogP contribution in [0.3, 0.4) is 0 Å². The second-order valence-corrected chi connectivity index (χ2v) is 5.90. The molecular formula is C17H21N7O. The van der Waals surface area contributed by atoms with Crippen molar-refractivity contribution in [3.63, 3.8) is 0 Å². The van der Waals surface area contributed by atoms with Gasteiger partial charge in [0.15, 0.2) is 0 Å². The monoisotopic (exact) mass is 339 g/mol. The van der Waals surface area contributed by atoms with E-state index in [-0.39, 0.29) is 12.1 Å². The second-order valence-electron chi connectivity index (χ2n) is 5.90. The second kappa shape index (κ2) is 6.76. The molecule has 0 aliphatic heterocycles. The molecule has 0 unspecified atom stereocenters. The number of nitrogens with zero attached hydrogens (tertiary/aromatic N) is 5. The third-order valence-corrected chi connectivity index (χ3v) is 3.83. The molecule has 1 atom stereocenters. The number of hydrogen-bond donors (Lipinski definition) is 2. The number of nitrogens with one attached hydrogen (secondary N) is 2. The van der Waals surface area contributed by atoms with Crippen LogP contribution in [0, 0.1) is 13.8 Å². The van der Waals surface area contributed by atoms with Crippen LogP contribution >= 0.6 is 0 Å². The van der Waals surface area contributed by atoms with Gasteiger partial charge in [-0.25, -0.2) is 14.5 Å². The van der Waals surface area contributed by atoms with Crippen LogP contribution in [0.5, 0.6) is 0 Å². The summed E-state index contributed by atoms with van der Waals surface area (Å²) in [5, 5.41) is 14.3. The summed E-state index contributed by atoms with van der Waals surface area (Å²) in [5.41, 5.74) is 2.37. The van der Waals surface area contributed by atoms with Gasteiger partial charge < -0.3 is 10.6 Å². The van der Waals surface area contributed by atoms with E-state index in [1.165, 1.54) is 0 Å². The highest BCUT2D eigenvalue weighted by atomic mass is 16.2. The van der Waals surface area contributed by atoms with E-state index in [1.807, 2.05) is 58.3 Å². The first kappa shape index (κ1) is 16.7. The van der Waals surface area contributed by atoms with Crippen LogP contribution in [0.2, 0.25) is 0 Å². The molecule has 1 aromatic carbocycles. The van der Waals surface area contributed by atoms with Gasteiger partial charge in [0.25, 0.3) is 0 Å². The molecule has 2 aromatic heterocycles. The Bertz CT molecular complexity index is 896. The molecule has 0 aliphatic carbocycles. The normalized spacial score (nSPS) is 12.0. The number of hydrogen-bond acceptors (Lipinski definition) is 4. The first-order chi connectivity index (χ1) is 11.9. The lowest BCUT2D eigenvalue weighted by molar-refractivity contribution is 0.249. The summed E-state index contributed by atoms with van der Waals surface area (Å²) in [7, 11) is 1.84. The summed E-state index contributed by atoms with van der Waals surface area (Å²) in [6.07, 6.45) is 3.61. The van der Waals surface area contributed by atoms with Crippen LogP contribution in [0.1, 0.15) is 30.2 Å². The van der Waals surface area contributed by atoms with Crippen molar-refractivity contribution in [1.29, 1.82) is 0 Å². The molecule has 0 spiro atoms. The van der Waals surface area contributed by atoms with Crippen molar-refractivity contribution in [3.05, 3.63) is 53.9 Å². The Kier molecular flexibility index (Phi) is 4.51. The minimum Gasteiger partial charge on any atom is -0.331 e. The van der Waals surface area contributed by atoms with Gasteiger partial charge in [-0.1, -0.05) is 12.1 Å².